The van der Waals surface area contributed by atoms with E-state index in [9.17, 15) is 0 Å². The molecule has 1 aliphatic rings. The van der Waals surface area contributed by atoms with Crippen molar-refractivity contribution in [3.05, 3.63) is 17.7 Å². The van der Waals surface area contributed by atoms with Gasteiger partial charge in [0.1, 0.15) is 0 Å². The van der Waals surface area contributed by atoms with E-state index in [2.05, 4.69) is 27.7 Å². The van der Waals surface area contributed by atoms with Gasteiger partial charge in [-0.25, -0.2) is 0 Å². The van der Waals surface area contributed by atoms with Crippen molar-refractivity contribution in [3.8, 4) is 11.5 Å². The zero-order valence-corrected chi connectivity index (χ0v) is 14.1. The Labute approximate surface area is 127 Å². The zero-order valence-electron chi connectivity index (χ0n) is 14.1. The molecule has 0 bridgehead atoms. The van der Waals surface area contributed by atoms with Crippen LogP contribution in [-0.2, 0) is 9.31 Å². The van der Waals surface area contributed by atoms with Crippen molar-refractivity contribution >= 4 is 12.6 Å². The number of rotatable bonds is 4. The minimum Gasteiger partial charge on any atom is -0.493 e. The lowest BCUT2D eigenvalue weighted by Gasteiger charge is -2.32. The first kappa shape index (κ1) is 16.2. The Balaban J connectivity index is 2.39. The third-order valence-corrected chi connectivity index (χ3v) is 4.36. The maximum Gasteiger partial charge on any atom is 0.495 e. The van der Waals surface area contributed by atoms with Gasteiger partial charge in [-0.3, -0.25) is 0 Å². The Hall–Kier alpha value is -1.20. The molecule has 0 radical (unpaired) electrons. The van der Waals surface area contributed by atoms with Crippen molar-refractivity contribution < 1.29 is 18.8 Å². The summed E-state index contributed by atoms with van der Waals surface area (Å²) in [4.78, 5) is 0. The summed E-state index contributed by atoms with van der Waals surface area (Å²) in [7, 11) is 1.26. The Kier molecular flexibility index (Phi) is 4.27. The van der Waals surface area contributed by atoms with Gasteiger partial charge in [0.2, 0.25) is 0 Å². The van der Waals surface area contributed by atoms with E-state index in [1.165, 1.54) is 0 Å². The van der Waals surface area contributed by atoms with Crippen molar-refractivity contribution in [3.63, 3.8) is 0 Å². The van der Waals surface area contributed by atoms with Gasteiger partial charge in [0.05, 0.1) is 24.9 Å². The summed E-state index contributed by atoms with van der Waals surface area (Å²) < 4.78 is 23.3. The summed E-state index contributed by atoms with van der Waals surface area (Å²) in [6.45, 7) is 12.8. The van der Waals surface area contributed by atoms with Crippen LogP contribution in [0.4, 0.5) is 0 Å². The van der Waals surface area contributed by atoms with Crippen LogP contribution in [-0.4, -0.2) is 32.0 Å². The molecule has 4 nitrogen and oxygen atoms in total. The van der Waals surface area contributed by atoms with Crippen molar-refractivity contribution in [2.24, 2.45) is 0 Å². The molecule has 1 heterocycles. The predicted octanol–water partition coefficient (Wildman–Crippen LogP) is 2.70. The molecule has 0 N–H and O–H groups in total. The molecule has 0 aromatic heterocycles. The fraction of sp³-hybridized carbons (Fsp3) is 0.625. The van der Waals surface area contributed by atoms with E-state index in [-0.39, 0.29) is 18.3 Å². The summed E-state index contributed by atoms with van der Waals surface area (Å²) in [5.74, 6) is 1.45. The molecule has 2 rings (SSSR count). The van der Waals surface area contributed by atoms with Crippen LogP contribution in [0.25, 0.3) is 0 Å². The first-order chi connectivity index (χ1) is 9.71. The van der Waals surface area contributed by atoms with Gasteiger partial charge < -0.3 is 18.8 Å². The van der Waals surface area contributed by atoms with Crippen molar-refractivity contribution in [2.75, 3.05) is 13.7 Å². The highest BCUT2D eigenvalue weighted by atomic mass is 16.7. The highest BCUT2D eigenvalue weighted by Crippen LogP contribution is 2.37. The quantitative estimate of drug-likeness (QED) is 0.800. The highest BCUT2D eigenvalue weighted by molar-refractivity contribution is 6.62. The summed E-state index contributed by atoms with van der Waals surface area (Å²) >= 11 is 0. The maximum absolute atomic E-state index is 6.12. The van der Waals surface area contributed by atoms with Crippen LogP contribution in [0.3, 0.4) is 0 Å². The van der Waals surface area contributed by atoms with Crippen LogP contribution in [0.15, 0.2) is 12.1 Å². The van der Waals surface area contributed by atoms with Gasteiger partial charge >= 0.3 is 7.12 Å². The predicted molar refractivity (Wildman–Crippen MR) is 84.6 cm³/mol. The molecule has 0 atom stereocenters. The molecular formula is C16H25BO4. The third-order valence-electron chi connectivity index (χ3n) is 4.36. The number of hydrogen-bond acceptors (Lipinski definition) is 4. The van der Waals surface area contributed by atoms with E-state index in [1.54, 1.807) is 7.11 Å². The van der Waals surface area contributed by atoms with Crippen molar-refractivity contribution in [2.45, 2.75) is 52.7 Å². The third kappa shape index (κ3) is 2.90. The molecule has 1 aromatic carbocycles. The molecule has 1 aliphatic heterocycles. The largest absolute Gasteiger partial charge is 0.495 e. The van der Waals surface area contributed by atoms with Gasteiger partial charge in [-0.05, 0) is 64.7 Å². The van der Waals surface area contributed by atoms with Gasteiger partial charge in [0, 0.05) is 0 Å². The van der Waals surface area contributed by atoms with Crippen LogP contribution in [0.1, 0.15) is 40.2 Å². The fourth-order valence-electron chi connectivity index (χ4n) is 2.33. The average Bonchev–Trinajstić information content (AvgIpc) is 2.60. The lowest BCUT2D eigenvalue weighted by molar-refractivity contribution is 0.00578. The highest BCUT2D eigenvalue weighted by Gasteiger charge is 2.52. The van der Waals surface area contributed by atoms with Crippen LogP contribution in [0.2, 0.25) is 0 Å². The smallest absolute Gasteiger partial charge is 0.493 e. The van der Waals surface area contributed by atoms with E-state index < -0.39 is 0 Å². The summed E-state index contributed by atoms with van der Waals surface area (Å²) in [6, 6.07) is 3.92. The first-order valence-electron chi connectivity index (χ1n) is 7.39. The van der Waals surface area contributed by atoms with Gasteiger partial charge in [-0.15, -0.1) is 0 Å². The van der Waals surface area contributed by atoms with Crippen molar-refractivity contribution in [1.29, 1.82) is 0 Å². The van der Waals surface area contributed by atoms with Crippen LogP contribution in [0, 0.1) is 6.92 Å². The Morgan fingerprint density at radius 1 is 1.05 bits per heavy atom. The molecule has 116 valence electrons. The van der Waals surface area contributed by atoms with E-state index >= 15 is 0 Å². The van der Waals surface area contributed by atoms with Gasteiger partial charge in [0.25, 0.3) is 0 Å². The Morgan fingerprint density at radius 3 is 2.10 bits per heavy atom. The number of benzene rings is 1. The first-order valence-corrected chi connectivity index (χ1v) is 7.39. The van der Waals surface area contributed by atoms with E-state index in [0.717, 1.165) is 22.5 Å². The Bertz CT molecular complexity index is 509. The summed E-state index contributed by atoms with van der Waals surface area (Å²) in [5.41, 5.74) is 1.35. The molecule has 21 heavy (non-hydrogen) atoms. The molecule has 0 aliphatic carbocycles. The van der Waals surface area contributed by atoms with Crippen LogP contribution < -0.4 is 14.9 Å². The lowest BCUT2D eigenvalue weighted by Crippen LogP contribution is -2.41. The molecule has 0 saturated carbocycles. The molecule has 1 aromatic rings. The number of hydrogen-bond donors (Lipinski definition) is 0. The summed E-state index contributed by atoms with van der Waals surface area (Å²) in [6.07, 6.45) is 0. The fourth-order valence-corrected chi connectivity index (χ4v) is 2.33. The second-order valence-electron chi connectivity index (χ2n) is 6.38. The van der Waals surface area contributed by atoms with E-state index in [0.29, 0.717) is 6.61 Å². The number of aryl methyl sites for hydroxylation is 1. The average molecular weight is 292 g/mol. The SMILES string of the molecule is CCOc1cc(B2OC(C)(C)C(C)(C)O2)c(C)cc1OC. The molecule has 0 spiro atoms. The number of ether oxygens (including phenoxy) is 2. The second-order valence-corrected chi connectivity index (χ2v) is 6.38. The lowest BCUT2D eigenvalue weighted by atomic mass is 9.76. The topological polar surface area (TPSA) is 36.9 Å². The van der Waals surface area contributed by atoms with Crippen LogP contribution >= 0.6 is 0 Å². The second kappa shape index (κ2) is 5.54. The molecule has 1 fully saturated rings. The molecule has 0 unspecified atom stereocenters. The van der Waals surface area contributed by atoms with Crippen molar-refractivity contribution in [1.82, 2.24) is 0 Å². The zero-order chi connectivity index (χ0) is 15.8. The molecule has 1 saturated heterocycles. The molecular weight excluding hydrogens is 267 g/mol. The minimum absolute atomic E-state index is 0.351. The summed E-state index contributed by atoms with van der Waals surface area (Å²) in [5, 5.41) is 0. The molecule has 5 heteroatoms. The van der Waals surface area contributed by atoms with Gasteiger partial charge in [-0.1, -0.05) is 0 Å². The minimum atomic E-state index is -0.389. The van der Waals surface area contributed by atoms with E-state index in [4.69, 9.17) is 18.8 Å². The normalized spacial score (nSPS) is 19.7. The maximum atomic E-state index is 6.12. The monoisotopic (exact) mass is 292 g/mol. The standard InChI is InChI=1S/C16H25BO4/c1-8-19-14-10-12(11(2)9-13(14)18-7)17-20-15(3,4)16(5,6)21-17/h9-10H,8H2,1-7H3. The van der Waals surface area contributed by atoms with E-state index in [1.807, 2.05) is 26.0 Å². The van der Waals surface area contributed by atoms with Crippen LogP contribution in [0.5, 0.6) is 11.5 Å². The molecule has 0 amide bonds. The Morgan fingerprint density at radius 2 is 1.62 bits per heavy atom. The van der Waals surface area contributed by atoms with Gasteiger partial charge in [0.15, 0.2) is 11.5 Å². The number of methoxy groups -OCH3 is 1. The van der Waals surface area contributed by atoms with Gasteiger partial charge in [-0.2, -0.15) is 0 Å².